The molecule has 1 aliphatic rings. The van der Waals surface area contributed by atoms with Crippen molar-refractivity contribution in [3.05, 3.63) is 0 Å². The van der Waals surface area contributed by atoms with Crippen LogP contribution in [-0.4, -0.2) is 48.9 Å². The molecule has 1 saturated heterocycles. The zero-order valence-corrected chi connectivity index (χ0v) is 8.83. The molecule has 0 aliphatic carbocycles. The van der Waals surface area contributed by atoms with Gasteiger partial charge in [0.25, 0.3) is 0 Å². The van der Waals surface area contributed by atoms with E-state index in [1.54, 1.807) is 4.90 Å². The Morgan fingerprint density at radius 1 is 1.64 bits per heavy atom. The van der Waals surface area contributed by atoms with E-state index in [9.17, 15) is 9.59 Å². The molecular weight excluding hydrogens is 182 g/mol. The molecule has 5 nitrogen and oxygen atoms in total. The number of rotatable bonds is 3. The topological polar surface area (TPSA) is 61.4 Å². The van der Waals surface area contributed by atoms with E-state index in [1.165, 1.54) is 0 Å². The van der Waals surface area contributed by atoms with Gasteiger partial charge in [0.1, 0.15) is 0 Å². The summed E-state index contributed by atoms with van der Waals surface area (Å²) in [6, 6.07) is 0.122. The van der Waals surface area contributed by atoms with Crippen LogP contribution in [-0.2, 0) is 9.59 Å². The lowest BCUT2D eigenvalue weighted by Gasteiger charge is -2.37. The predicted octanol–water partition coefficient (Wildman–Crippen LogP) is -1.06. The average Bonchev–Trinajstić information content (AvgIpc) is 2.13. The van der Waals surface area contributed by atoms with Gasteiger partial charge in [0, 0.05) is 25.2 Å². The van der Waals surface area contributed by atoms with E-state index in [0.717, 1.165) is 0 Å². The Balaban J connectivity index is 2.71. The summed E-state index contributed by atoms with van der Waals surface area (Å²) in [6.45, 7) is 5.11. The van der Waals surface area contributed by atoms with Gasteiger partial charge in [-0.1, -0.05) is 0 Å². The molecule has 2 N–H and O–H groups in total. The molecule has 14 heavy (non-hydrogen) atoms. The summed E-state index contributed by atoms with van der Waals surface area (Å²) >= 11 is 0. The average molecular weight is 199 g/mol. The van der Waals surface area contributed by atoms with Crippen molar-refractivity contribution in [1.29, 1.82) is 0 Å². The normalized spacial score (nSPS) is 24.8. The van der Waals surface area contributed by atoms with Crippen LogP contribution in [0.4, 0.5) is 0 Å². The minimum atomic E-state index is -0.494. The van der Waals surface area contributed by atoms with Gasteiger partial charge in [-0.25, -0.2) is 0 Å². The smallest absolute Gasteiger partial charge is 0.312 e. The second-order valence-electron chi connectivity index (χ2n) is 3.68. The Morgan fingerprint density at radius 3 is 2.86 bits per heavy atom. The fraction of sp³-hybridized carbons (Fsp3) is 0.778. The van der Waals surface area contributed by atoms with Crippen LogP contribution < -0.4 is 10.6 Å². The maximum atomic E-state index is 11.5. The minimum absolute atomic E-state index is 0.0496. The van der Waals surface area contributed by atoms with Gasteiger partial charge in [0.05, 0.1) is 0 Å². The highest BCUT2D eigenvalue weighted by Gasteiger charge is 2.33. The summed E-state index contributed by atoms with van der Waals surface area (Å²) in [5.41, 5.74) is 0. The summed E-state index contributed by atoms with van der Waals surface area (Å²) in [5, 5.41) is 5.55. The molecule has 1 aliphatic heterocycles. The maximum absolute atomic E-state index is 11.5. The fourth-order valence-corrected chi connectivity index (χ4v) is 1.76. The molecule has 0 radical (unpaired) electrons. The first kappa shape index (κ1) is 11.0. The van der Waals surface area contributed by atoms with Crippen molar-refractivity contribution >= 4 is 11.8 Å². The molecule has 0 spiro atoms. The predicted molar refractivity (Wildman–Crippen MR) is 52.7 cm³/mol. The number of nitrogens with zero attached hydrogens (tertiary/aromatic N) is 1. The Bertz CT molecular complexity index is 242. The molecule has 0 bridgehead atoms. The molecule has 1 heterocycles. The molecular formula is C9H17N3O2. The number of carbonyl (C=O) groups is 2. The van der Waals surface area contributed by atoms with Crippen molar-refractivity contribution in [2.45, 2.75) is 25.9 Å². The minimum Gasteiger partial charge on any atom is -0.346 e. The molecule has 2 amide bonds. The van der Waals surface area contributed by atoms with Gasteiger partial charge >= 0.3 is 11.8 Å². The first-order chi connectivity index (χ1) is 6.57. The van der Waals surface area contributed by atoms with Gasteiger partial charge in [-0.15, -0.1) is 0 Å². The Morgan fingerprint density at radius 2 is 2.29 bits per heavy atom. The molecule has 0 aromatic heterocycles. The second kappa shape index (κ2) is 4.41. The molecule has 80 valence electrons. The third-order valence-corrected chi connectivity index (χ3v) is 2.44. The van der Waals surface area contributed by atoms with Crippen molar-refractivity contribution in [2.24, 2.45) is 0 Å². The molecule has 0 aromatic rings. The van der Waals surface area contributed by atoms with Gasteiger partial charge in [-0.2, -0.15) is 0 Å². The highest BCUT2D eigenvalue weighted by Crippen LogP contribution is 2.09. The number of likely N-dealkylation sites (N-methyl/N-ethyl adjacent to an activating group) is 1. The van der Waals surface area contributed by atoms with Crippen LogP contribution in [0.25, 0.3) is 0 Å². The molecule has 1 fully saturated rings. The van der Waals surface area contributed by atoms with Crippen LogP contribution in [0.2, 0.25) is 0 Å². The Labute approximate surface area is 83.8 Å². The van der Waals surface area contributed by atoms with Crippen LogP contribution in [0.1, 0.15) is 13.8 Å². The standard InChI is InChI=1S/C9H17N3O2/c1-6(4-10-3)12-7(2)5-11-8(13)9(12)14/h6-7,10H,4-5H2,1-3H3,(H,11,13). The quantitative estimate of drug-likeness (QED) is 0.570. The van der Waals surface area contributed by atoms with E-state index in [4.69, 9.17) is 0 Å². The summed E-state index contributed by atoms with van der Waals surface area (Å²) < 4.78 is 0. The Kier molecular flexibility index (Phi) is 3.46. The molecule has 2 unspecified atom stereocenters. The monoisotopic (exact) mass is 199 g/mol. The third-order valence-electron chi connectivity index (χ3n) is 2.44. The highest BCUT2D eigenvalue weighted by molar-refractivity contribution is 6.35. The molecule has 0 saturated carbocycles. The molecule has 2 atom stereocenters. The number of hydrogen-bond donors (Lipinski definition) is 2. The fourth-order valence-electron chi connectivity index (χ4n) is 1.76. The highest BCUT2D eigenvalue weighted by atomic mass is 16.2. The maximum Gasteiger partial charge on any atom is 0.312 e. The van der Waals surface area contributed by atoms with Gasteiger partial charge in [-0.05, 0) is 20.9 Å². The SMILES string of the molecule is CNCC(C)N1C(=O)C(=O)NCC1C. The second-order valence-corrected chi connectivity index (χ2v) is 3.68. The van der Waals surface area contributed by atoms with E-state index in [2.05, 4.69) is 10.6 Å². The lowest BCUT2D eigenvalue weighted by Crippen LogP contribution is -2.61. The van der Waals surface area contributed by atoms with Crippen molar-refractivity contribution < 1.29 is 9.59 Å². The van der Waals surface area contributed by atoms with E-state index in [0.29, 0.717) is 13.1 Å². The summed E-state index contributed by atoms with van der Waals surface area (Å²) in [5.74, 6) is -0.919. The molecule has 5 heteroatoms. The largest absolute Gasteiger partial charge is 0.346 e. The lowest BCUT2D eigenvalue weighted by molar-refractivity contribution is -0.151. The van der Waals surface area contributed by atoms with Gasteiger partial charge in [0.2, 0.25) is 0 Å². The molecule has 1 rings (SSSR count). The number of hydrogen-bond acceptors (Lipinski definition) is 3. The number of carbonyl (C=O) groups excluding carboxylic acids is 2. The van der Waals surface area contributed by atoms with Crippen molar-refractivity contribution in [1.82, 2.24) is 15.5 Å². The summed E-state index contributed by atoms with van der Waals surface area (Å²) in [6.07, 6.45) is 0. The van der Waals surface area contributed by atoms with Crippen molar-refractivity contribution in [3.63, 3.8) is 0 Å². The van der Waals surface area contributed by atoms with Crippen LogP contribution >= 0.6 is 0 Å². The first-order valence-corrected chi connectivity index (χ1v) is 4.83. The number of amides is 2. The summed E-state index contributed by atoms with van der Waals surface area (Å²) in [7, 11) is 1.83. The van der Waals surface area contributed by atoms with Gasteiger partial charge < -0.3 is 15.5 Å². The van der Waals surface area contributed by atoms with Crippen molar-refractivity contribution in [3.8, 4) is 0 Å². The van der Waals surface area contributed by atoms with Crippen molar-refractivity contribution in [2.75, 3.05) is 20.1 Å². The van der Waals surface area contributed by atoms with Gasteiger partial charge in [-0.3, -0.25) is 9.59 Å². The van der Waals surface area contributed by atoms with Crippen LogP contribution in [0, 0.1) is 0 Å². The lowest BCUT2D eigenvalue weighted by atomic mass is 10.1. The van der Waals surface area contributed by atoms with Gasteiger partial charge in [0.15, 0.2) is 0 Å². The van der Waals surface area contributed by atoms with E-state index in [-0.39, 0.29) is 12.1 Å². The van der Waals surface area contributed by atoms with E-state index in [1.807, 2.05) is 20.9 Å². The summed E-state index contributed by atoms with van der Waals surface area (Å²) in [4.78, 5) is 24.3. The zero-order valence-electron chi connectivity index (χ0n) is 8.83. The first-order valence-electron chi connectivity index (χ1n) is 4.83. The van der Waals surface area contributed by atoms with E-state index >= 15 is 0 Å². The molecule has 0 aromatic carbocycles. The van der Waals surface area contributed by atoms with E-state index < -0.39 is 11.8 Å². The zero-order chi connectivity index (χ0) is 10.7. The van der Waals surface area contributed by atoms with Crippen LogP contribution in [0.5, 0.6) is 0 Å². The Hall–Kier alpha value is -1.10. The third kappa shape index (κ3) is 2.04. The number of piperazine rings is 1. The van der Waals surface area contributed by atoms with Crippen LogP contribution in [0.3, 0.4) is 0 Å². The van der Waals surface area contributed by atoms with Crippen LogP contribution in [0.15, 0.2) is 0 Å². The number of nitrogens with one attached hydrogen (secondary N) is 2.